The van der Waals surface area contributed by atoms with Gasteiger partial charge in [0.15, 0.2) is 0 Å². The van der Waals surface area contributed by atoms with Crippen molar-refractivity contribution < 1.29 is 35.8 Å². The summed E-state index contributed by atoms with van der Waals surface area (Å²) in [5.74, 6) is -0.104. The van der Waals surface area contributed by atoms with Gasteiger partial charge in [0.1, 0.15) is 0 Å². The average molecular weight is 141 g/mol. The molecule has 4 heteroatoms. The molecular formula is C4H8NNaOS. The molecule has 0 atom stereocenters. The summed E-state index contributed by atoms with van der Waals surface area (Å²) in [7, 11) is 0. The van der Waals surface area contributed by atoms with Gasteiger partial charge >= 0.3 is 29.6 Å². The molecule has 0 spiro atoms. The fourth-order valence-electron chi connectivity index (χ4n) is 0.248. The third-order valence-corrected chi connectivity index (χ3v) is 0.454. The molecule has 0 bridgehead atoms. The fraction of sp³-hybridized carbons (Fsp3) is 0.500. The second-order valence-corrected chi connectivity index (χ2v) is 1.85. The molecule has 0 aromatic heterocycles. The maximum atomic E-state index is 10.1. The summed E-state index contributed by atoms with van der Waals surface area (Å²) >= 11 is 4.54. The van der Waals surface area contributed by atoms with Crippen LogP contribution in [-0.2, 0) is 4.79 Å². The quantitative estimate of drug-likeness (QED) is 0.301. The van der Waals surface area contributed by atoms with E-state index in [0.717, 1.165) is 0 Å². The largest absolute Gasteiger partial charge is 1.00 e. The van der Waals surface area contributed by atoms with Gasteiger partial charge in [-0.2, -0.15) is 0 Å². The van der Waals surface area contributed by atoms with Crippen LogP contribution in [0.25, 0.3) is 0 Å². The minimum absolute atomic E-state index is 0. The first kappa shape index (κ1) is 11.4. The van der Waals surface area contributed by atoms with Crippen molar-refractivity contribution in [2.45, 2.75) is 13.8 Å². The second kappa shape index (κ2) is 5.69. The van der Waals surface area contributed by atoms with Crippen LogP contribution < -0.4 is 34.9 Å². The van der Waals surface area contributed by atoms with Gasteiger partial charge < -0.3 is 6.74 Å². The van der Waals surface area contributed by atoms with Crippen molar-refractivity contribution in [3.8, 4) is 0 Å². The molecule has 0 fully saturated rings. The molecule has 2 nitrogen and oxygen atoms in total. The number of carbonyl (C=O) groups excluding carboxylic acids is 1. The Labute approximate surface area is 77.8 Å². The van der Waals surface area contributed by atoms with E-state index in [1.165, 1.54) is 6.92 Å². The second-order valence-electron chi connectivity index (χ2n) is 1.24. The standard InChI is InChI=1S/C4H7NOS.Na.H/c1-3(6)5-4(2)7;;/h1-2H3,(H,5,6,7);;/q;+1;-1. The summed E-state index contributed by atoms with van der Waals surface area (Å²) in [6.45, 7) is 3.09. The normalized spacial score (nSPS) is 6.75. The van der Waals surface area contributed by atoms with Gasteiger partial charge in [-0.05, 0) is 6.92 Å². The van der Waals surface area contributed by atoms with E-state index in [0.29, 0.717) is 4.99 Å². The number of hydrogen-bond acceptors (Lipinski definition) is 2. The van der Waals surface area contributed by atoms with Gasteiger partial charge in [0, 0.05) is 6.92 Å². The van der Waals surface area contributed by atoms with Gasteiger partial charge in [-0.1, -0.05) is 12.2 Å². The maximum Gasteiger partial charge on any atom is 1.00 e. The molecule has 0 heterocycles. The molecule has 1 amide bonds. The van der Waals surface area contributed by atoms with Gasteiger partial charge in [0.25, 0.3) is 0 Å². The van der Waals surface area contributed by atoms with Crippen LogP contribution in [0.3, 0.4) is 0 Å². The smallest absolute Gasteiger partial charge is 1.00 e. The Morgan fingerprint density at radius 2 is 2.00 bits per heavy atom. The molecule has 0 aliphatic rings. The van der Waals surface area contributed by atoms with Gasteiger partial charge in [-0.15, -0.1) is 0 Å². The van der Waals surface area contributed by atoms with Crippen LogP contribution in [0, 0.1) is 0 Å². The van der Waals surface area contributed by atoms with E-state index >= 15 is 0 Å². The minimum Gasteiger partial charge on any atom is -1.00 e. The van der Waals surface area contributed by atoms with Crippen molar-refractivity contribution in [1.82, 2.24) is 5.32 Å². The summed E-state index contributed by atoms with van der Waals surface area (Å²) in [6, 6.07) is 0. The molecule has 0 saturated heterocycles. The topological polar surface area (TPSA) is 29.1 Å². The molecule has 42 valence electrons. The first-order chi connectivity index (χ1) is 3.13. The van der Waals surface area contributed by atoms with E-state index in [-0.39, 0.29) is 36.9 Å². The third-order valence-electron chi connectivity index (χ3n) is 0.352. The predicted octanol–water partition coefficient (Wildman–Crippen LogP) is -2.41. The number of rotatable bonds is 0. The van der Waals surface area contributed by atoms with Crippen molar-refractivity contribution in [1.29, 1.82) is 0 Å². The third kappa shape index (κ3) is 9.75. The van der Waals surface area contributed by atoms with Crippen molar-refractivity contribution in [3.05, 3.63) is 0 Å². The zero-order chi connectivity index (χ0) is 5.86. The summed E-state index contributed by atoms with van der Waals surface area (Å²) in [5.41, 5.74) is 0. The van der Waals surface area contributed by atoms with Gasteiger partial charge in [0.2, 0.25) is 5.91 Å². The molecule has 1 N–H and O–H groups in total. The molecule has 0 saturated carbocycles. The van der Waals surface area contributed by atoms with Crippen molar-refractivity contribution >= 4 is 23.1 Å². The molecule has 8 heavy (non-hydrogen) atoms. The SMILES string of the molecule is CC(=O)NC(C)=S.[H-].[Na+]. The first-order valence-corrected chi connectivity index (χ1v) is 2.32. The van der Waals surface area contributed by atoms with Crippen molar-refractivity contribution in [2.75, 3.05) is 0 Å². The maximum absolute atomic E-state index is 10.1. The van der Waals surface area contributed by atoms with E-state index < -0.39 is 0 Å². The Kier molecular flexibility index (Phi) is 8.09. The fourth-order valence-corrected chi connectivity index (χ4v) is 0.392. The van der Waals surface area contributed by atoms with Gasteiger partial charge in [-0.3, -0.25) is 4.79 Å². The molecular weight excluding hydrogens is 133 g/mol. The molecule has 0 unspecified atom stereocenters. The molecule has 0 rings (SSSR count). The Bertz CT molecular complexity index is 96.7. The number of hydrogen-bond donors (Lipinski definition) is 1. The van der Waals surface area contributed by atoms with Crippen LogP contribution in [0.1, 0.15) is 15.3 Å². The minimum atomic E-state index is -0.104. The molecule has 0 aliphatic carbocycles. The van der Waals surface area contributed by atoms with Crippen LogP contribution in [-0.4, -0.2) is 10.9 Å². The predicted molar refractivity (Wildman–Crippen MR) is 33.2 cm³/mol. The Hall–Kier alpha value is 0.560. The summed E-state index contributed by atoms with van der Waals surface area (Å²) in [5, 5.41) is 2.40. The van der Waals surface area contributed by atoms with Crippen LogP contribution in [0.5, 0.6) is 0 Å². The van der Waals surface area contributed by atoms with Crippen LogP contribution in [0.4, 0.5) is 0 Å². The molecule has 0 aromatic carbocycles. The summed E-state index contributed by atoms with van der Waals surface area (Å²) in [4.78, 5) is 10.6. The average Bonchev–Trinajstić information content (AvgIpc) is 1.27. The number of nitrogens with one attached hydrogen (secondary N) is 1. The Balaban J connectivity index is -0.000000180. The Morgan fingerprint density at radius 3 is 2.00 bits per heavy atom. The van der Waals surface area contributed by atoms with E-state index in [9.17, 15) is 4.79 Å². The van der Waals surface area contributed by atoms with Gasteiger partial charge in [0.05, 0.1) is 4.99 Å². The van der Waals surface area contributed by atoms with Crippen molar-refractivity contribution in [3.63, 3.8) is 0 Å². The van der Waals surface area contributed by atoms with Gasteiger partial charge in [-0.25, -0.2) is 0 Å². The first-order valence-electron chi connectivity index (χ1n) is 1.91. The molecule has 0 aromatic rings. The summed E-state index contributed by atoms with van der Waals surface area (Å²) < 4.78 is 0. The van der Waals surface area contributed by atoms with E-state index in [1.807, 2.05) is 0 Å². The summed E-state index contributed by atoms with van der Waals surface area (Å²) in [6.07, 6.45) is 0. The van der Waals surface area contributed by atoms with E-state index in [4.69, 9.17) is 0 Å². The Morgan fingerprint density at radius 1 is 1.62 bits per heavy atom. The van der Waals surface area contributed by atoms with E-state index in [2.05, 4.69) is 17.5 Å². The molecule has 0 radical (unpaired) electrons. The number of thiocarbonyl (C=S) groups is 1. The molecule has 0 aliphatic heterocycles. The monoisotopic (exact) mass is 141 g/mol. The zero-order valence-corrected chi connectivity index (χ0v) is 8.13. The van der Waals surface area contributed by atoms with Crippen molar-refractivity contribution in [2.24, 2.45) is 0 Å². The van der Waals surface area contributed by atoms with Crippen LogP contribution >= 0.6 is 12.2 Å². The van der Waals surface area contributed by atoms with Crippen LogP contribution in [0.15, 0.2) is 0 Å². The van der Waals surface area contributed by atoms with E-state index in [1.54, 1.807) is 6.92 Å². The van der Waals surface area contributed by atoms with Crippen LogP contribution in [0.2, 0.25) is 0 Å². The number of carbonyl (C=O) groups is 1. The number of amides is 1. The zero-order valence-electron chi connectivity index (χ0n) is 6.32.